The van der Waals surface area contributed by atoms with Crippen molar-refractivity contribution in [2.45, 2.75) is 52.1 Å². The average molecular weight is 228 g/mol. The summed E-state index contributed by atoms with van der Waals surface area (Å²) in [6.07, 6.45) is 3.82. The van der Waals surface area contributed by atoms with Gasteiger partial charge in [-0.1, -0.05) is 20.3 Å². The maximum atomic E-state index is 5.51. The third-order valence-corrected chi connectivity index (χ3v) is 3.47. The Balaban J connectivity index is 2.34. The van der Waals surface area contributed by atoms with Crippen LogP contribution in [-0.4, -0.2) is 49.8 Å². The number of nitrogens with zero attached hydrogens (tertiary/aromatic N) is 1. The molecule has 2 unspecified atom stereocenters. The molecule has 1 saturated heterocycles. The van der Waals surface area contributed by atoms with E-state index in [4.69, 9.17) is 4.74 Å². The summed E-state index contributed by atoms with van der Waals surface area (Å²) in [5.41, 5.74) is 0. The summed E-state index contributed by atoms with van der Waals surface area (Å²) in [6.45, 7) is 12.0. The van der Waals surface area contributed by atoms with Gasteiger partial charge in [-0.05, 0) is 26.3 Å². The molecule has 1 aliphatic heterocycles. The standard InChI is InChI=1S/C13H28N2O/c1-4-6-8-15(12(3)5-2)10-13-11-16-9-7-14-13/h12-14H,4-11H2,1-3H3. The molecule has 0 aromatic carbocycles. The summed E-state index contributed by atoms with van der Waals surface area (Å²) in [6, 6.07) is 1.22. The molecule has 0 radical (unpaired) electrons. The van der Waals surface area contributed by atoms with Gasteiger partial charge in [-0.15, -0.1) is 0 Å². The molecule has 0 bridgehead atoms. The van der Waals surface area contributed by atoms with Gasteiger partial charge in [0.2, 0.25) is 0 Å². The third-order valence-electron chi connectivity index (χ3n) is 3.47. The predicted molar refractivity (Wildman–Crippen MR) is 68.8 cm³/mol. The predicted octanol–water partition coefficient (Wildman–Crippen LogP) is 1.88. The van der Waals surface area contributed by atoms with E-state index in [2.05, 4.69) is 31.0 Å². The lowest BCUT2D eigenvalue weighted by molar-refractivity contribution is 0.0547. The van der Waals surface area contributed by atoms with Gasteiger partial charge in [-0.3, -0.25) is 4.90 Å². The van der Waals surface area contributed by atoms with Crippen LogP contribution in [0.1, 0.15) is 40.0 Å². The fourth-order valence-electron chi connectivity index (χ4n) is 2.13. The SMILES string of the molecule is CCCCN(CC1COCCN1)C(C)CC. The molecular formula is C13H28N2O. The molecule has 1 N–H and O–H groups in total. The maximum absolute atomic E-state index is 5.51. The third kappa shape index (κ3) is 4.81. The smallest absolute Gasteiger partial charge is 0.0632 e. The van der Waals surface area contributed by atoms with Crippen LogP contribution in [0.5, 0.6) is 0 Å². The van der Waals surface area contributed by atoms with E-state index in [-0.39, 0.29) is 0 Å². The summed E-state index contributed by atoms with van der Waals surface area (Å²) in [5, 5.41) is 3.54. The van der Waals surface area contributed by atoms with Crippen molar-refractivity contribution >= 4 is 0 Å². The van der Waals surface area contributed by atoms with Gasteiger partial charge in [0.1, 0.15) is 0 Å². The van der Waals surface area contributed by atoms with Crippen LogP contribution in [0.15, 0.2) is 0 Å². The van der Waals surface area contributed by atoms with Crippen molar-refractivity contribution in [2.24, 2.45) is 0 Å². The van der Waals surface area contributed by atoms with Gasteiger partial charge in [0.05, 0.1) is 13.2 Å². The summed E-state index contributed by atoms with van der Waals surface area (Å²) >= 11 is 0. The second-order valence-corrected chi connectivity index (χ2v) is 4.83. The molecule has 0 aliphatic carbocycles. The van der Waals surface area contributed by atoms with Crippen molar-refractivity contribution in [3.63, 3.8) is 0 Å². The monoisotopic (exact) mass is 228 g/mol. The highest BCUT2D eigenvalue weighted by Gasteiger charge is 2.19. The van der Waals surface area contributed by atoms with Crippen LogP contribution < -0.4 is 5.32 Å². The molecule has 1 fully saturated rings. The molecule has 0 spiro atoms. The Labute approximate surface area is 101 Å². The molecule has 96 valence electrons. The zero-order chi connectivity index (χ0) is 11.8. The molecule has 16 heavy (non-hydrogen) atoms. The normalized spacial score (nSPS) is 23.6. The van der Waals surface area contributed by atoms with Crippen LogP contribution in [0.2, 0.25) is 0 Å². The van der Waals surface area contributed by atoms with Crippen molar-refractivity contribution in [1.29, 1.82) is 0 Å². The molecule has 0 aromatic heterocycles. The zero-order valence-electron chi connectivity index (χ0n) is 11.2. The highest BCUT2D eigenvalue weighted by Crippen LogP contribution is 2.08. The molecule has 0 aromatic rings. The van der Waals surface area contributed by atoms with Crippen LogP contribution >= 0.6 is 0 Å². The molecule has 2 atom stereocenters. The van der Waals surface area contributed by atoms with Crippen LogP contribution in [0.25, 0.3) is 0 Å². The van der Waals surface area contributed by atoms with Crippen molar-refractivity contribution < 1.29 is 4.74 Å². The van der Waals surface area contributed by atoms with Gasteiger partial charge in [-0.25, -0.2) is 0 Å². The Hall–Kier alpha value is -0.120. The van der Waals surface area contributed by atoms with E-state index < -0.39 is 0 Å². The van der Waals surface area contributed by atoms with E-state index in [1.165, 1.54) is 25.8 Å². The molecule has 3 heteroatoms. The Kier molecular flexibility index (Phi) is 7.01. The lowest BCUT2D eigenvalue weighted by atomic mass is 10.1. The first kappa shape index (κ1) is 13.9. The Bertz CT molecular complexity index is 169. The van der Waals surface area contributed by atoms with Crippen molar-refractivity contribution in [3.05, 3.63) is 0 Å². The molecule has 0 amide bonds. The quantitative estimate of drug-likeness (QED) is 0.720. The van der Waals surface area contributed by atoms with Gasteiger partial charge in [-0.2, -0.15) is 0 Å². The summed E-state index contributed by atoms with van der Waals surface area (Å²) in [7, 11) is 0. The Morgan fingerprint density at radius 1 is 1.44 bits per heavy atom. The number of hydrogen-bond donors (Lipinski definition) is 1. The van der Waals surface area contributed by atoms with Crippen molar-refractivity contribution in [1.82, 2.24) is 10.2 Å². The zero-order valence-corrected chi connectivity index (χ0v) is 11.2. The van der Waals surface area contributed by atoms with Gasteiger partial charge < -0.3 is 10.1 Å². The topological polar surface area (TPSA) is 24.5 Å². The highest BCUT2D eigenvalue weighted by molar-refractivity contribution is 4.77. The first-order chi connectivity index (χ1) is 7.77. The van der Waals surface area contributed by atoms with E-state index in [1.54, 1.807) is 0 Å². The fourth-order valence-corrected chi connectivity index (χ4v) is 2.13. The van der Waals surface area contributed by atoms with Crippen LogP contribution in [-0.2, 0) is 4.74 Å². The molecular weight excluding hydrogens is 200 g/mol. The number of rotatable bonds is 7. The lowest BCUT2D eigenvalue weighted by Crippen LogP contribution is -2.50. The molecule has 1 heterocycles. The molecule has 1 rings (SSSR count). The van der Waals surface area contributed by atoms with E-state index in [0.29, 0.717) is 12.1 Å². The number of unbranched alkanes of at least 4 members (excludes halogenated alkanes) is 1. The molecule has 0 saturated carbocycles. The van der Waals surface area contributed by atoms with Crippen molar-refractivity contribution in [3.8, 4) is 0 Å². The number of nitrogens with one attached hydrogen (secondary N) is 1. The number of morpholine rings is 1. The van der Waals surface area contributed by atoms with E-state index in [9.17, 15) is 0 Å². The van der Waals surface area contributed by atoms with E-state index >= 15 is 0 Å². The van der Waals surface area contributed by atoms with Gasteiger partial charge in [0.15, 0.2) is 0 Å². The van der Waals surface area contributed by atoms with E-state index in [1.807, 2.05) is 0 Å². The second-order valence-electron chi connectivity index (χ2n) is 4.83. The van der Waals surface area contributed by atoms with Crippen LogP contribution in [0.3, 0.4) is 0 Å². The number of hydrogen-bond acceptors (Lipinski definition) is 3. The highest BCUT2D eigenvalue weighted by atomic mass is 16.5. The summed E-state index contributed by atoms with van der Waals surface area (Å²) in [4.78, 5) is 2.61. The first-order valence-corrected chi connectivity index (χ1v) is 6.83. The van der Waals surface area contributed by atoms with E-state index in [0.717, 1.165) is 26.3 Å². The Morgan fingerprint density at radius 2 is 2.25 bits per heavy atom. The van der Waals surface area contributed by atoms with Crippen LogP contribution in [0.4, 0.5) is 0 Å². The lowest BCUT2D eigenvalue weighted by Gasteiger charge is -2.34. The summed E-state index contributed by atoms with van der Waals surface area (Å²) < 4.78 is 5.51. The minimum atomic E-state index is 0.527. The number of ether oxygens (including phenoxy) is 1. The molecule has 1 aliphatic rings. The molecule has 3 nitrogen and oxygen atoms in total. The minimum Gasteiger partial charge on any atom is -0.378 e. The van der Waals surface area contributed by atoms with Crippen molar-refractivity contribution in [2.75, 3.05) is 32.8 Å². The van der Waals surface area contributed by atoms with Crippen LogP contribution in [0, 0.1) is 0 Å². The fraction of sp³-hybridized carbons (Fsp3) is 1.00. The van der Waals surface area contributed by atoms with Gasteiger partial charge in [0, 0.05) is 25.2 Å². The van der Waals surface area contributed by atoms with Gasteiger partial charge in [0.25, 0.3) is 0 Å². The summed E-state index contributed by atoms with van der Waals surface area (Å²) in [5.74, 6) is 0. The first-order valence-electron chi connectivity index (χ1n) is 6.83. The average Bonchev–Trinajstić information content (AvgIpc) is 2.34. The second kappa shape index (κ2) is 8.04. The largest absolute Gasteiger partial charge is 0.378 e. The van der Waals surface area contributed by atoms with Gasteiger partial charge >= 0.3 is 0 Å². The Morgan fingerprint density at radius 3 is 2.81 bits per heavy atom. The maximum Gasteiger partial charge on any atom is 0.0632 e. The minimum absolute atomic E-state index is 0.527.